The van der Waals surface area contributed by atoms with Gasteiger partial charge in [-0.25, -0.2) is 0 Å². The molecule has 1 aromatic rings. The third-order valence-electron chi connectivity index (χ3n) is 5.48. The van der Waals surface area contributed by atoms with E-state index in [4.69, 9.17) is 0 Å². The molecule has 2 atom stereocenters. The highest BCUT2D eigenvalue weighted by Gasteiger charge is 2.25. The summed E-state index contributed by atoms with van der Waals surface area (Å²) < 4.78 is 4.60. The van der Waals surface area contributed by atoms with Gasteiger partial charge in [-0.15, -0.1) is 0 Å². The lowest BCUT2D eigenvalue weighted by molar-refractivity contribution is -0.140. The minimum absolute atomic E-state index is 0.0788. The fourth-order valence-corrected chi connectivity index (χ4v) is 3.55. The molecule has 0 radical (unpaired) electrons. The SMILES string of the molecule is COC(=O)CCCCCCC(=O)CC[C@H](C(=O)NC(C=O)Cc1ccccc1)C(C)C. The lowest BCUT2D eigenvalue weighted by atomic mass is 9.88. The van der Waals surface area contributed by atoms with Crippen LogP contribution in [-0.4, -0.2) is 37.1 Å². The van der Waals surface area contributed by atoms with Crippen molar-refractivity contribution < 1.29 is 23.9 Å². The molecule has 1 aromatic carbocycles. The molecule has 0 bridgehead atoms. The van der Waals surface area contributed by atoms with Gasteiger partial charge in [-0.3, -0.25) is 14.4 Å². The first-order valence-corrected chi connectivity index (χ1v) is 11.3. The summed E-state index contributed by atoms with van der Waals surface area (Å²) in [5, 5.41) is 2.84. The second kappa shape index (κ2) is 15.3. The van der Waals surface area contributed by atoms with Gasteiger partial charge in [0.25, 0.3) is 0 Å². The van der Waals surface area contributed by atoms with Crippen LogP contribution in [0.5, 0.6) is 0 Å². The van der Waals surface area contributed by atoms with Crippen LogP contribution in [-0.2, 0) is 30.3 Å². The van der Waals surface area contributed by atoms with E-state index in [9.17, 15) is 19.2 Å². The van der Waals surface area contributed by atoms with Gasteiger partial charge in [0.2, 0.25) is 5.91 Å². The lowest BCUT2D eigenvalue weighted by Gasteiger charge is -2.22. The molecule has 0 saturated heterocycles. The topological polar surface area (TPSA) is 89.5 Å². The predicted molar refractivity (Wildman–Crippen MR) is 120 cm³/mol. The van der Waals surface area contributed by atoms with E-state index in [1.54, 1.807) is 0 Å². The molecule has 1 N–H and O–H groups in total. The number of rotatable bonds is 16. The first-order valence-electron chi connectivity index (χ1n) is 11.3. The molecule has 0 aromatic heterocycles. The number of aldehydes is 1. The van der Waals surface area contributed by atoms with E-state index in [2.05, 4.69) is 10.1 Å². The van der Waals surface area contributed by atoms with Crippen LogP contribution in [0.25, 0.3) is 0 Å². The molecule has 1 unspecified atom stereocenters. The van der Waals surface area contributed by atoms with Crippen molar-refractivity contribution in [2.45, 2.75) is 77.7 Å². The first kappa shape index (κ1) is 26.5. The molecular weight excluding hydrogens is 394 g/mol. The summed E-state index contributed by atoms with van der Waals surface area (Å²) in [4.78, 5) is 47.5. The van der Waals surface area contributed by atoms with Crippen molar-refractivity contribution >= 4 is 23.9 Å². The third-order valence-corrected chi connectivity index (χ3v) is 5.48. The van der Waals surface area contributed by atoms with Crippen molar-refractivity contribution in [1.82, 2.24) is 5.32 Å². The summed E-state index contributed by atoms with van der Waals surface area (Å²) in [7, 11) is 1.38. The Morgan fingerprint density at radius 3 is 2.19 bits per heavy atom. The van der Waals surface area contributed by atoms with Crippen LogP contribution >= 0.6 is 0 Å². The smallest absolute Gasteiger partial charge is 0.305 e. The fourth-order valence-electron chi connectivity index (χ4n) is 3.55. The molecule has 1 rings (SSSR count). The van der Waals surface area contributed by atoms with Crippen LogP contribution in [0, 0.1) is 11.8 Å². The van der Waals surface area contributed by atoms with Crippen molar-refractivity contribution in [2.75, 3.05) is 7.11 Å². The maximum atomic E-state index is 12.7. The number of carbonyl (C=O) groups is 4. The van der Waals surface area contributed by atoms with Gasteiger partial charge in [0, 0.05) is 25.2 Å². The summed E-state index contributed by atoms with van der Waals surface area (Å²) in [6.07, 6.45) is 6.36. The second-order valence-corrected chi connectivity index (χ2v) is 8.36. The standard InChI is InChI=1S/C25H37NO5/c1-19(2)23(16-15-22(28)13-9-4-5-10-14-24(29)31-3)25(30)26-21(18-27)17-20-11-7-6-8-12-20/h6-8,11-12,18-19,21,23H,4-5,9-10,13-17H2,1-3H3,(H,26,30)/t21?,23-/m0/s1. The Labute approximate surface area is 186 Å². The zero-order valence-electron chi connectivity index (χ0n) is 19.1. The summed E-state index contributed by atoms with van der Waals surface area (Å²) in [6.45, 7) is 3.92. The van der Waals surface area contributed by atoms with Crippen molar-refractivity contribution in [1.29, 1.82) is 0 Å². The van der Waals surface area contributed by atoms with Crippen molar-refractivity contribution in [3.63, 3.8) is 0 Å². The molecule has 0 aliphatic heterocycles. The number of esters is 1. The molecule has 0 aliphatic rings. The average Bonchev–Trinajstić information content (AvgIpc) is 2.75. The van der Waals surface area contributed by atoms with Gasteiger partial charge in [0.1, 0.15) is 12.1 Å². The molecule has 0 heterocycles. The summed E-state index contributed by atoms with van der Waals surface area (Å²) in [5.41, 5.74) is 0.989. The summed E-state index contributed by atoms with van der Waals surface area (Å²) >= 11 is 0. The van der Waals surface area contributed by atoms with Crippen molar-refractivity contribution in [3.05, 3.63) is 35.9 Å². The van der Waals surface area contributed by atoms with Gasteiger partial charge in [0.05, 0.1) is 13.2 Å². The van der Waals surface area contributed by atoms with Crippen molar-refractivity contribution in [3.8, 4) is 0 Å². The number of methoxy groups -OCH3 is 1. The third kappa shape index (κ3) is 11.5. The zero-order valence-corrected chi connectivity index (χ0v) is 19.1. The molecule has 0 aliphatic carbocycles. The second-order valence-electron chi connectivity index (χ2n) is 8.36. The van der Waals surface area contributed by atoms with Gasteiger partial charge in [-0.2, -0.15) is 0 Å². The summed E-state index contributed by atoms with van der Waals surface area (Å²) in [6, 6.07) is 9.00. The Bertz CT molecular complexity index is 686. The van der Waals surface area contributed by atoms with E-state index in [0.717, 1.165) is 37.5 Å². The molecule has 0 saturated carbocycles. The summed E-state index contributed by atoms with van der Waals surface area (Å²) in [5.74, 6) is -0.437. The minimum atomic E-state index is -0.572. The molecule has 31 heavy (non-hydrogen) atoms. The van der Waals surface area contributed by atoms with Crippen LogP contribution in [0.3, 0.4) is 0 Å². The Kier molecular flexibility index (Phi) is 13.1. The number of Topliss-reactive ketones (excluding diaryl/α,β-unsaturated/α-hetero) is 1. The fraction of sp³-hybridized carbons (Fsp3) is 0.600. The van der Waals surface area contributed by atoms with E-state index < -0.39 is 6.04 Å². The Hall–Kier alpha value is -2.50. The quantitative estimate of drug-likeness (QED) is 0.242. The number of carbonyl (C=O) groups excluding carboxylic acids is 4. The van der Waals surface area contributed by atoms with Crippen LogP contribution in [0.2, 0.25) is 0 Å². The number of benzene rings is 1. The number of ketones is 1. The van der Waals surface area contributed by atoms with Crippen LogP contribution in [0.1, 0.15) is 70.8 Å². The number of amides is 1. The number of hydrogen-bond donors (Lipinski definition) is 1. The molecule has 0 spiro atoms. The Balaban J connectivity index is 2.38. The van der Waals surface area contributed by atoms with Gasteiger partial charge in [-0.1, -0.05) is 57.0 Å². The largest absolute Gasteiger partial charge is 0.469 e. The van der Waals surface area contributed by atoms with E-state index in [0.29, 0.717) is 32.1 Å². The molecule has 6 nitrogen and oxygen atoms in total. The maximum Gasteiger partial charge on any atom is 0.305 e. The highest BCUT2D eigenvalue weighted by atomic mass is 16.5. The highest BCUT2D eigenvalue weighted by Crippen LogP contribution is 2.19. The maximum absolute atomic E-state index is 12.7. The number of ether oxygens (including phenoxy) is 1. The van der Waals surface area contributed by atoms with Gasteiger partial charge >= 0.3 is 5.97 Å². The monoisotopic (exact) mass is 431 g/mol. The van der Waals surface area contributed by atoms with Gasteiger partial charge in [0.15, 0.2) is 0 Å². The minimum Gasteiger partial charge on any atom is -0.469 e. The van der Waals surface area contributed by atoms with Crippen molar-refractivity contribution in [2.24, 2.45) is 11.8 Å². The number of hydrogen-bond acceptors (Lipinski definition) is 5. The van der Waals surface area contributed by atoms with Crippen LogP contribution < -0.4 is 5.32 Å². The van der Waals surface area contributed by atoms with Gasteiger partial charge < -0.3 is 14.8 Å². The normalized spacial score (nSPS) is 12.8. The van der Waals surface area contributed by atoms with Crippen LogP contribution in [0.15, 0.2) is 30.3 Å². The van der Waals surface area contributed by atoms with Gasteiger partial charge in [-0.05, 0) is 37.2 Å². The lowest BCUT2D eigenvalue weighted by Crippen LogP contribution is -2.42. The van der Waals surface area contributed by atoms with E-state index in [-0.39, 0.29) is 29.5 Å². The number of unbranched alkanes of at least 4 members (excludes halogenated alkanes) is 3. The van der Waals surface area contributed by atoms with E-state index >= 15 is 0 Å². The molecule has 172 valence electrons. The van der Waals surface area contributed by atoms with E-state index in [1.165, 1.54) is 7.11 Å². The van der Waals surface area contributed by atoms with Crippen LogP contribution in [0.4, 0.5) is 0 Å². The first-order chi connectivity index (χ1) is 14.9. The molecule has 6 heteroatoms. The van der Waals surface area contributed by atoms with E-state index in [1.807, 2.05) is 44.2 Å². The highest BCUT2D eigenvalue weighted by molar-refractivity contribution is 5.83. The molecular formula is C25H37NO5. The predicted octanol–water partition coefficient (Wildman–Crippen LogP) is 4.05. The number of nitrogens with one attached hydrogen (secondary N) is 1. The average molecular weight is 432 g/mol. The Morgan fingerprint density at radius 2 is 1.61 bits per heavy atom. The molecule has 0 fully saturated rings. The Morgan fingerprint density at radius 1 is 0.968 bits per heavy atom. The zero-order chi connectivity index (χ0) is 23.1. The molecule has 1 amide bonds.